The number of rotatable bonds is 8. The summed E-state index contributed by atoms with van der Waals surface area (Å²) in [5.41, 5.74) is 1.10. The molecule has 0 heterocycles. The molecule has 0 aromatic heterocycles. The molecule has 0 spiro atoms. The summed E-state index contributed by atoms with van der Waals surface area (Å²) >= 11 is 0. The zero-order chi connectivity index (χ0) is 24.8. The van der Waals surface area contributed by atoms with Crippen molar-refractivity contribution in [2.24, 2.45) is 0 Å². The molecule has 2 rings (SSSR count). The molecule has 2 aromatic carbocycles. The van der Waals surface area contributed by atoms with Crippen molar-refractivity contribution in [2.75, 3.05) is 0 Å². The number of hydrogen-bond acceptors (Lipinski definition) is 4. The van der Waals surface area contributed by atoms with E-state index < -0.39 is 0 Å². The normalized spacial score (nSPS) is 8.42. The van der Waals surface area contributed by atoms with E-state index in [1.165, 1.54) is 26.7 Å². The summed E-state index contributed by atoms with van der Waals surface area (Å²) in [6, 6.07) is 17.4. The molecule has 0 saturated heterocycles. The van der Waals surface area contributed by atoms with Crippen LogP contribution in [0.3, 0.4) is 0 Å². The molecule has 0 aliphatic carbocycles. The van der Waals surface area contributed by atoms with Gasteiger partial charge in [-0.2, -0.15) is 12.8 Å². The first kappa shape index (κ1) is 35.3. The first-order chi connectivity index (χ1) is 15.2. The van der Waals surface area contributed by atoms with Gasteiger partial charge in [-0.1, -0.05) is 63.1 Å². The summed E-state index contributed by atoms with van der Waals surface area (Å²) in [5.74, 6) is -0.904. The number of unbranched alkanes of at least 4 members (excludes halogenated alkanes) is 2. The number of ketones is 4. The Balaban J connectivity index is -0.000000405. The molecule has 2 aromatic rings. The second kappa shape index (κ2) is 24.3. The summed E-state index contributed by atoms with van der Waals surface area (Å²) in [6.45, 7) is 14.2. The van der Waals surface area contributed by atoms with E-state index in [1.54, 1.807) is 48.5 Å². The van der Waals surface area contributed by atoms with Crippen LogP contribution in [0.15, 0.2) is 60.7 Å². The van der Waals surface area contributed by atoms with Crippen molar-refractivity contribution in [2.45, 2.75) is 53.4 Å². The Hall–Kier alpha value is -2.34. The predicted octanol–water partition coefficient (Wildman–Crippen LogP) is 6.19. The van der Waals surface area contributed by atoms with E-state index in [0.29, 0.717) is 11.1 Å². The number of carbonyl (C=O) groups is 4. The molecule has 0 radical (unpaired) electrons. The minimum atomic E-state index is -0.233. The molecule has 5 heteroatoms. The summed E-state index contributed by atoms with van der Waals surface area (Å²) in [6.07, 6.45) is 6.74. The monoisotopic (exact) mass is 556 g/mol. The van der Waals surface area contributed by atoms with E-state index in [1.807, 2.05) is 12.1 Å². The van der Waals surface area contributed by atoms with Crippen LogP contribution in [0.1, 0.15) is 74.1 Å². The number of Topliss-reactive ketones (excluding diaryl/α,β-unsaturated/α-hetero) is 4. The molecule has 0 aliphatic rings. The van der Waals surface area contributed by atoms with Crippen LogP contribution in [-0.4, -0.2) is 47.0 Å². The van der Waals surface area contributed by atoms with Crippen molar-refractivity contribution in [3.63, 3.8) is 0 Å². The topological polar surface area (TPSA) is 68.3 Å². The summed E-state index contributed by atoms with van der Waals surface area (Å²) in [4.78, 5) is 43.5. The third-order valence-corrected chi connectivity index (χ3v) is 3.49. The van der Waals surface area contributed by atoms with Gasteiger partial charge in [0.25, 0.3) is 0 Å². The maximum absolute atomic E-state index is 11.2. The van der Waals surface area contributed by atoms with Gasteiger partial charge in [0.05, 0.1) is 11.6 Å². The third-order valence-electron chi connectivity index (χ3n) is 3.49. The van der Waals surface area contributed by atoms with Crippen molar-refractivity contribution >= 4 is 47.0 Å². The molecule has 0 atom stereocenters. The fourth-order valence-corrected chi connectivity index (χ4v) is 1.74. The van der Waals surface area contributed by atoms with Crippen LogP contribution in [0.2, 0.25) is 0 Å². The van der Waals surface area contributed by atoms with Crippen LogP contribution < -0.4 is 0 Å². The average Bonchev–Trinajstić information content (AvgIpc) is 2.80. The van der Waals surface area contributed by atoms with Crippen LogP contribution in [0, 0.1) is 26.7 Å². The average molecular weight is 555 g/mol. The maximum Gasteiger partial charge on any atom is 4.00 e. The van der Waals surface area contributed by atoms with Gasteiger partial charge < -0.3 is 33.0 Å². The van der Waals surface area contributed by atoms with Crippen molar-refractivity contribution in [1.82, 2.24) is 0 Å². The van der Waals surface area contributed by atoms with E-state index in [-0.39, 0.29) is 47.0 Å². The molecule has 0 saturated carbocycles. The quantitative estimate of drug-likeness (QED) is 0.169. The van der Waals surface area contributed by atoms with E-state index in [4.69, 9.17) is 0 Å². The third kappa shape index (κ3) is 22.6. The molecular weight excluding hydrogens is 519 g/mol. The van der Waals surface area contributed by atoms with E-state index in [0.717, 1.165) is 25.7 Å². The Morgan fingerprint density at radius 2 is 0.879 bits per heavy atom. The molecule has 0 amide bonds. The van der Waals surface area contributed by atoms with Gasteiger partial charge in [0, 0.05) is 11.6 Å². The number of hydrogen-bond donors (Lipinski definition) is 0. The summed E-state index contributed by atoms with van der Waals surface area (Å²) in [7, 11) is 0. The van der Waals surface area contributed by atoms with Crippen molar-refractivity contribution < 1.29 is 19.2 Å². The van der Waals surface area contributed by atoms with Gasteiger partial charge in [-0.25, -0.2) is 0 Å². The van der Waals surface area contributed by atoms with Gasteiger partial charge in [0.15, 0.2) is 0 Å². The van der Waals surface area contributed by atoms with Crippen LogP contribution >= 0.6 is 0 Å². The fraction of sp³-hybridized carbons (Fsp3) is 0.286. The molecule has 0 aliphatic heterocycles. The van der Waals surface area contributed by atoms with E-state index in [9.17, 15) is 19.2 Å². The van der Waals surface area contributed by atoms with Crippen molar-refractivity contribution in [1.29, 1.82) is 0 Å². The smallest absolute Gasteiger partial charge is 0.343 e. The number of benzene rings is 2. The number of carbonyl (C=O) groups excluding carboxylic acids is 4. The molecule has 0 bridgehead atoms. The molecule has 4 nitrogen and oxygen atoms in total. The molecule has 176 valence electrons. The predicted molar refractivity (Wildman–Crippen MR) is 138 cm³/mol. The fourth-order valence-electron chi connectivity index (χ4n) is 1.74. The Morgan fingerprint density at radius 1 is 0.636 bits per heavy atom. The van der Waals surface area contributed by atoms with Crippen molar-refractivity contribution in [3.8, 4) is 0 Å². The van der Waals surface area contributed by atoms with Gasteiger partial charge in [0.1, 0.15) is 0 Å². The Bertz CT molecular complexity index is 699. The van der Waals surface area contributed by atoms with Gasteiger partial charge in [0.2, 0.25) is 0 Å². The van der Waals surface area contributed by atoms with Crippen molar-refractivity contribution in [3.05, 3.63) is 98.5 Å². The van der Waals surface area contributed by atoms with E-state index >= 15 is 0 Å². The van der Waals surface area contributed by atoms with Crippen LogP contribution in [0.5, 0.6) is 0 Å². The van der Waals surface area contributed by atoms with Crippen LogP contribution in [0.25, 0.3) is 0 Å². The van der Waals surface area contributed by atoms with Gasteiger partial charge in [-0.3, -0.25) is 0 Å². The van der Waals surface area contributed by atoms with Crippen LogP contribution in [0.4, 0.5) is 0 Å². The SMILES string of the molecule is CC(=O)[CH-]C(=O)c1ccccc1.CC(=O)[CH-]C(=O)c1ccccc1.[CH2-]CCC.[CH2-]CCC.[Sn+4]. The van der Waals surface area contributed by atoms with E-state index in [2.05, 4.69) is 27.7 Å². The minimum absolute atomic E-state index is 0. The first-order valence-electron chi connectivity index (χ1n) is 10.7. The molecule has 33 heavy (non-hydrogen) atoms. The Labute approximate surface area is 217 Å². The largest absolute Gasteiger partial charge is 4.00 e. The van der Waals surface area contributed by atoms with Crippen LogP contribution in [-0.2, 0) is 9.59 Å². The zero-order valence-electron chi connectivity index (χ0n) is 20.3. The first-order valence-corrected chi connectivity index (χ1v) is 10.7. The molecule has 0 fully saturated rings. The van der Waals surface area contributed by atoms with Gasteiger partial charge in [-0.05, 0) is 13.8 Å². The molecule has 0 unspecified atom stereocenters. The second-order valence-corrected chi connectivity index (χ2v) is 6.68. The maximum atomic E-state index is 11.2. The molecule has 0 N–H and O–H groups in total. The molecular formula is C28H36O4Sn. The standard InChI is InChI=1S/2C10H9O2.2C4H9.Sn/c2*1-8(11)7-10(12)9-5-3-2-4-6-9;2*1-3-4-2;/h2*2-7H,1H3;2*1,3-4H2,2H3;/q4*-1;+4. The zero-order valence-corrected chi connectivity index (χ0v) is 23.2. The summed E-state index contributed by atoms with van der Waals surface area (Å²) < 4.78 is 0. The Morgan fingerprint density at radius 3 is 1.06 bits per heavy atom. The van der Waals surface area contributed by atoms with Gasteiger partial charge in [-0.15, -0.1) is 48.2 Å². The second-order valence-electron chi connectivity index (χ2n) is 6.68. The Kier molecular flexibility index (Phi) is 26.0. The van der Waals surface area contributed by atoms with Gasteiger partial charge >= 0.3 is 23.9 Å². The minimum Gasteiger partial charge on any atom is -0.343 e. The summed E-state index contributed by atoms with van der Waals surface area (Å²) in [5, 5.41) is 0.